The minimum absolute atomic E-state index is 0.0494. The van der Waals surface area contributed by atoms with Crippen LogP contribution < -0.4 is 10.0 Å². The largest absolute Gasteiger partial charge is 0.341 e. The van der Waals surface area contributed by atoms with E-state index in [0.29, 0.717) is 0 Å². The summed E-state index contributed by atoms with van der Waals surface area (Å²) in [6.07, 6.45) is 0. The molecule has 1 aromatic heterocycles. The Hall–Kier alpha value is -1.84. The molecule has 2 rings (SSSR count). The number of carbonyl (C=O) groups excluding carboxylic acids is 1. The van der Waals surface area contributed by atoms with E-state index in [1.165, 1.54) is 24.5 Å². The van der Waals surface area contributed by atoms with Gasteiger partial charge < -0.3 is 5.32 Å². The second kappa shape index (κ2) is 6.81. The highest BCUT2D eigenvalue weighted by molar-refractivity contribution is 7.89. The van der Waals surface area contributed by atoms with Crippen LogP contribution in [0, 0.1) is 19.7 Å². The molecule has 0 aliphatic rings. The zero-order chi connectivity index (χ0) is 19.0. The van der Waals surface area contributed by atoms with Gasteiger partial charge in [-0.2, -0.15) is 0 Å². The maximum Gasteiger partial charge on any atom is 0.252 e. The molecule has 0 spiro atoms. The Morgan fingerprint density at radius 1 is 1.28 bits per heavy atom. The van der Waals surface area contributed by atoms with E-state index in [9.17, 15) is 17.6 Å². The van der Waals surface area contributed by atoms with E-state index in [4.69, 9.17) is 0 Å². The average Bonchev–Trinajstić information content (AvgIpc) is 2.87. The molecular formula is C16H20FN3O3S2. The van der Waals surface area contributed by atoms with Crippen LogP contribution in [0.3, 0.4) is 0 Å². The summed E-state index contributed by atoms with van der Waals surface area (Å²) in [5.41, 5.74) is 0.191. The lowest BCUT2D eigenvalue weighted by Crippen LogP contribution is -2.41. The summed E-state index contributed by atoms with van der Waals surface area (Å²) < 4.78 is 39.6. The topological polar surface area (TPSA) is 88.2 Å². The van der Waals surface area contributed by atoms with E-state index in [1.807, 2.05) is 18.6 Å². The van der Waals surface area contributed by atoms with Crippen molar-refractivity contribution in [2.75, 3.05) is 7.05 Å². The molecule has 6 nitrogen and oxygen atoms in total. The highest BCUT2D eigenvalue weighted by atomic mass is 32.2. The average molecular weight is 385 g/mol. The van der Waals surface area contributed by atoms with Crippen molar-refractivity contribution in [3.8, 4) is 0 Å². The summed E-state index contributed by atoms with van der Waals surface area (Å²) in [4.78, 5) is 17.5. The van der Waals surface area contributed by atoms with Crippen molar-refractivity contribution in [3.63, 3.8) is 0 Å². The highest BCUT2D eigenvalue weighted by Gasteiger charge is 2.28. The lowest BCUT2D eigenvalue weighted by atomic mass is 10.1. The Kier molecular flexibility index (Phi) is 5.31. The molecule has 0 saturated heterocycles. The van der Waals surface area contributed by atoms with Crippen LogP contribution in [0.2, 0.25) is 0 Å². The first-order valence-corrected chi connectivity index (χ1v) is 9.78. The molecule has 0 aliphatic carbocycles. The van der Waals surface area contributed by atoms with E-state index in [1.54, 1.807) is 13.8 Å². The van der Waals surface area contributed by atoms with E-state index >= 15 is 0 Å². The maximum absolute atomic E-state index is 13.8. The van der Waals surface area contributed by atoms with E-state index < -0.39 is 32.2 Å². The number of nitrogens with one attached hydrogen (secondary N) is 2. The molecule has 2 N–H and O–H groups in total. The minimum atomic E-state index is -4.00. The number of aryl methyl sites for hydroxylation is 2. The molecule has 1 amide bonds. The smallest absolute Gasteiger partial charge is 0.252 e. The second-order valence-electron chi connectivity index (χ2n) is 6.09. The number of benzene rings is 1. The van der Waals surface area contributed by atoms with E-state index in [-0.39, 0.29) is 5.56 Å². The number of hydrogen-bond donors (Lipinski definition) is 2. The number of amides is 1. The predicted octanol–water partition coefficient (Wildman–Crippen LogP) is 2.47. The van der Waals surface area contributed by atoms with Crippen molar-refractivity contribution < 1.29 is 17.6 Å². The maximum atomic E-state index is 13.8. The Morgan fingerprint density at radius 3 is 2.44 bits per heavy atom. The molecule has 0 bridgehead atoms. The Labute approximate surface area is 150 Å². The molecule has 0 fully saturated rings. The normalized spacial score (nSPS) is 12.2. The van der Waals surface area contributed by atoms with Crippen LogP contribution in [0.4, 0.5) is 4.39 Å². The molecule has 2 aromatic rings. The van der Waals surface area contributed by atoms with E-state index in [2.05, 4.69) is 10.3 Å². The Bertz CT molecular complexity index is 901. The molecular weight excluding hydrogens is 365 g/mol. The SMILES string of the molecule is CNS(=O)(=O)c1cc(C(=O)NC(C)(C)c2nc(C)c(C)s2)ccc1F. The fourth-order valence-electron chi connectivity index (χ4n) is 2.11. The van der Waals surface area contributed by atoms with Crippen LogP contribution >= 0.6 is 11.3 Å². The lowest BCUT2D eigenvalue weighted by Gasteiger charge is -2.24. The Balaban J connectivity index is 2.34. The predicted molar refractivity (Wildman–Crippen MR) is 94.7 cm³/mol. The van der Waals surface area contributed by atoms with Gasteiger partial charge in [0.25, 0.3) is 5.91 Å². The molecule has 0 saturated carbocycles. The quantitative estimate of drug-likeness (QED) is 0.828. The van der Waals surface area contributed by atoms with Gasteiger partial charge in [-0.05, 0) is 52.9 Å². The number of nitrogens with zero attached hydrogens (tertiary/aromatic N) is 1. The molecule has 0 aliphatic heterocycles. The van der Waals surface area contributed by atoms with Gasteiger partial charge in [0.1, 0.15) is 15.7 Å². The number of sulfonamides is 1. The molecule has 136 valence electrons. The van der Waals surface area contributed by atoms with Crippen LogP contribution in [-0.2, 0) is 15.6 Å². The summed E-state index contributed by atoms with van der Waals surface area (Å²) in [7, 11) is -2.82. The van der Waals surface area contributed by atoms with Crippen molar-refractivity contribution in [2.24, 2.45) is 0 Å². The number of hydrogen-bond acceptors (Lipinski definition) is 5. The van der Waals surface area contributed by atoms with Gasteiger partial charge in [-0.15, -0.1) is 11.3 Å². The van der Waals surface area contributed by atoms with Crippen LogP contribution in [0.5, 0.6) is 0 Å². The number of halogens is 1. The fraction of sp³-hybridized carbons (Fsp3) is 0.375. The van der Waals surface area contributed by atoms with Crippen molar-refractivity contribution >= 4 is 27.3 Å². The first kappa shape index (κ1) is 19.5. The fourth-order valence-corrected chi connectivity index (χ4v) is 3.91. The van der Waals surface area contributed by atoms with Crippen molar-refractivity contribution in [1.82, 2.24) is 15.0 Å². The first-order valence-electron chi connectivity index (χ1n) is 7.48. The van der Waals surface area contributed by atoms with Crippen molar-refractivity contribution in [1.29, 1.82) is 0 Å². The monoisotopic (exact) mass is 385 g/mol. The highest BCUT2D eigenvalue weighted by Crippen LogP contribution is 2.27. The number of carbonyl (C=O) groups is 1. The van der Waals surface area contributed by atoms with Crippen molar-refractivity contribution in [2.45, 2.75) is 38.1 Å². The molecule has 1 aromatic carbocycles. The summed E-state index contributed by atoms with van der Waals surface area (Å²) >= 11 is 1.48. The zero-order valence-electron chi connectivity index (χ0n) is 14.6. The first-order chi connectivity index (χ1) is 11.5. The Morgan fingerprint density at radius 2 is 1.92 bits per heavy atom. The third-order valence-electron chi connectivity index (χ3n) is 3.74. The van der Waals surface area contributed by atoms with Crippen molar-refractivity contribution in [3.05, 3.63) is 45.2 Å². The third kappa shape index (κ3) is 4.05. The zero-order valence-corrected chi connectivity index (χ0v) is 16.2. The number of rotatable bonds is 5. The van der Waals surface area contributed by atoms with Crippen LogP contribution in [0.25, 0.3) is 0 Å². The second-order valence-corrected chi connectivity index (χ2v) is 9.15. The van der Waals surface area contributed by atoms with Crippen LogP contribution in [0.1, 0.15) is 39.8 Å². The molecule has 0 unspecified atom stereocenters. The van der Waals surface area contributed by atoms with Crippen LogP contribution in [-0.4, -0.2) is 26.4 Å². The van der Waals surface area contributed by atoms with Gasteiger partial charge in [-0.3, -0.25) is 4.79 Å². The number of aromatic nitrogens is 1. The van der Waals surface area contributed by atoms with Gasteiger partial charge in [0.05, 0.1) is 11.2 Å². The van der Waals surface area contributed by atoms with Gasteiger partial charge in [-0.1, -0.05) is 0 Å². The van der Waals surface area contributed by atoms with E-state index in [0.717, 1.165) is 27.7 Å². The van der Waals surface area contributed by atoms with Crippen LogP contribution in [0.15, 0.2) is 23.1 Å². The van der Waals surface area contributed by atoms with Gasteiger partial charge in [0, 0.05) is 10.4 Å². The standard InChI is InChI=1S/C16H20FN3O3S2/c1-9-10(2)24-15(19-9)16(3,4)20-14(21)11-6-7-12(17)13(8-11)25(22,23)18-5/h6-8,18H,1-5H3,(H,20,21). The van der Waals surface area contributed by atoms with Gasteiger partial charge in [0.15, 0.2) is 0 Å². The minimum Gasteiger partial charge on any atom is -0.341 e. The summed E-state index contributed by atoms with van der Waals surface area (Å²) in [6, 6.07) is 3.22. The molecule has 9 heteroatoms. The summed E-state index contributed by atoms with van der Waals surface area (Å²) in [6.45, 7) is 7.44. The number of thiazole rings is 1. The molecule has 0 radical (unpaired) electrons. The molecule has 25 heavy (non-hydrogen) atoms. The van der Waals surface area contributed by atoms with Gasteiger partial charge in [-0.25, -0.2) is 22.5 Å². The van der Waals surface area contributed by atoms with Gasteiger partial charge >= 0.3 is 0 Å². The summed E-state index contributed by atoms with van der Waals surface area (Å²) in [5, 5.41) is 3.55. The molecule has 1 heterocycles. The molecule has 0 atom stereocenters. The summed E-state index contributed by atoms with van der Waals surface area (Å²) in [5.74, 6) is -1.43. The lowest BCUT2D eigenvalue weighted by molar-refractivity contribution is 0.0911. The van der Waals surface area contributed by atoms with Gasteiger partial charge in [0.2, 0.25) is 10.0 Å². The third-order valence-corrected chi connectivity index (χ3v) is 6.57.